The molecule has 0 radical (unpaired) electrons. The summed E-state index contributed by atoms with van der Waals surface area (Å²) in [5, 5.41) is 30.4. The van der Waals surface area contributed by atoms with E-state index in [2.05, 4.69) is 29.9 Å². The fraction of sp³-hybridized carbons (Fsp3) is 0.263. The predicted molar refractivity (Wildman–Crippen MR) is 130 cm³/mol. The summed E-state index contributed by atoms with van der Waals surface area (Å²) in [4.78, 5) is 26.0. The van der Waals surface area contributed by atoms with E-state index in [1.54, 1.807) is 26.2 Å². The Morgan fingerprint density at radius 1 is 0.818 bits per heavy atom. The lowest BCUT2D eigenvalue weighted by Crippen LogP contribution is -2.16. The van der Waals surface area contributed by atoms with E-state index in [0.29, 0.717) is 48.3 Å². The van der Waals surface area contributed by atoms with E-state index >= 15 is 0 Å². The van der Waals surface area contributed by atoms with Gasteiger partial charge in [-0.2, -0.15) is 9.98 Å². The summed E-state index contributed by atoms with van der Waals surface area (Å²) in [5.41, 5.74) is 1.10. The minimum absolute atomic E-state index is 0.106. The summed E-state index contributed by atoms with van der Waals surface area (Å²) < 4.78 is 10.6. The summed E-state index contributed by atoms with van der Waals surface area (Å²) in [5.74, 6) is -0.965. The average molecular weight is 521 g/mol. The molecule has 172 valence electrons. The van der Waals surface area contributed by atoms with Gasteiger partial charge >= 0.3 is 0 Å². The van der Waals surface area contributed by atoms with Crippen LogP contribution in [-0.2, 0) is 9.47 Å². The van der Waals surface area contributed by atoms with Crippen LogP contribution in [0.15, 0.2) is 64.8 Å². The average Bonchev–Trinajstić information content (AvgIpc) is 3.57. The van der Waals surface area contributed by atoms with Gasteiger partial charge in [0, 0.05) is 23.2 Å². The molecule has 0 N–H and O–H groups in total. The van der Waals surface area contributed by atoms with Crippen LogP contribution in [0.2, 0.25) is 0 Å². The Balaban J connectivity index is 1.24. The third-order valence-electron chi connectivity index (χ3n) is 3.92. The Hall–Kier alpha value is -2.68. The smallest absolute Gasteiger partial charge is 0.211 e. The molecule has 33 heavy (non-hydrogen) atoms. The Morgan fingerprint density at radius 3 is 1.67 bits per heavy atom. The number of aliphatic imine (C=N–C) groups is 4. The van der Waals surface area contributed by atoms with Gasteiger partial charge in [0.05, 0.1) is 33.1 Å². The topological polar surface area (TPSA) is 140 Å². The summed E-state index contributed by atoms with van der Waals surface area (Å²) in [6, 6.07) is 0. The van der Waals surface area contributed by atoms with Crippen LogP contribution in [0.4, 0.5) is 10.3 Å². The molecule has 0 saturated carbocycles. The van der Waals surface area contributed by atoms with Crippen molar-refractivity contribution in [2.75, 3.05) is 13.2 Å². The van der Waals surface area contributed by atoms with Crippen LogP contribution < -0.4 is 10.2 Å². The van der Waals surface area contributed by atoms with Crippen molar-refractivity contribution >= 4 is 78.2 Å². The maximum absolute atomic E-state index is 12.3. The van der Waals surface area contributed by atoms with Crippen LogP contribution in [0, 0.1) is 0 Å². The zero-order valence-corrected chi connectivity index (χ0v) is 20.6. The van der Waals surface area contributed by atoms with Crippen LogP contribution in [0.5, 0.6) is 0 Å². The fourth-order valence-electron chi connectivity index (χ4n) is 2.46. The number of ether oxygens (including phenoxy) is 2. The van der Waals surface area contributed by atoms with Crippen molar-refractivity contribution in [3.8, 4) is 0 Å². The van der Waals surface area contributed by atoms with E-state index in [1.807, 2.05) is 10.8 Å². The van der Waals surface area contributed by atoms with Crippen molar-refractivity contribution in [3.63, 3.8) is 0 Å². The Kier molecular flexibility index (Phi) is 7.80. The molecule has 2 aromatic heterocycles. The second kappa shape index (κ2) is 11.0. The highest BCUT2D eigenvalue weighted by Crippen LogP contribution is 2.32. The van der Waals surface area contributed by atoms with Gasteiger partial charge in [-0.15, -0.1) is 22.7 Å². The first-order valence-electron chi connectivity index (χ1n) is 9.51. The molecule has 0 aliphatic carbocycles. The number of rotatable bonds is 8. The minimum atomic E-state index is -0.483. The third-order valence-corrected chi connectivity index (χ3v) is 7.31. The van der Waals surface area contributed by atoms with Crippen LogP contribution in [-0.4, -0.2) is 44.9 Å². The number of hydrogen-bond donors (Lipinski definition) is 0. The second-order valence-corrected chi connectivity index (χ2v) is 10.0. The highest BCUT2D eigenvalue weighted by Gasteiger charge is 2.20. The molecule has 4 rings (SSSR count). The second-order valence-electron chi connectivity index (χ2n) is 6.30. The molecule has 4 heterocycles. The van der Waals surface area contributed by atoms with E-state index in [-0.39, 0.29) is 13.2 Å². The molecule has 0 amide bonds. The van der Waals surface area contributed by atoms with Gasteiger partial charge in [-0.05, 0) is 57.0 Å². The first kappa shape index (κ1) is 23.5. The predicted octanol–water partition coefficient (Wildman–Crippen LogP) is 3.17. The van der Waals surface area contributed by atoms with Crippen LogP contribution in [0.1, 0.15) is 20.3 Å². The molecule has 2 aromatic rings. The zero-order chi connectivity index (χ0) is 23.2. The van der Waals surface area contributed by atoms with E-state index in [0.717, 1.165) is 23.5 Å². The zero-order valence-electron chi connectivity index (χ0n) is 17.4. The molecule has 0 aromatic carbocycles. The number of allylic oxidation sites excluding steroid dienone is 2. The lowest BCUT2D eigenvalue weighted by molar-refractivity contribution is -0.360. The lowest BCUT2D eigenvalue weighted by atomic mass is 10.4. The van der Waals surface area contributed by atoms with Crippen molar-refractivity contribution in [2.45, 2.75) is 20.3 Å². The monoisotopic (exact) mass is 520 g/mol. The van der Waals surface area contributed by atoms with Crippen LogP contribution in [0.3, 0.4) is 0 Å². The number of aromatic nitrogens is 2. The molecule has 0 atom stereocenters. The standard InChI is InChI=1S/C19H18N6O4S4/c1-10-12(32-18(22-10)24-16-20-4-8-30-16)14(26)28-6-3-7-29-15(27)13-11(2)23-19(33-13)25-17-21-5-9-31-17/h4-5,8-9,26-27H,3,6-7H2,1-2H3/p-2/b14-12+,15-13+,24-18+,25-19+. The lowest BCUT2D eigenvalue weighted by Gasteiger charge is -2.21. The quantitative estimate of drug-likeness (QED) is 0.382. The van der Waals surface area contributed by atoms with E-state index in [1.165, 1.54) is 22.7 Å². The number of amidine groups is 2. The Labute approximate surface area is 205 Å². The third kappa shape index (κ3) is 6.22. The molecule has 14 heteroatoms. The van der Waals surface area contributed by atoms with Gasteiger partial charge in [-0.1, -0.05) is 0 Å². The largest absolute Gasteiger partial charge is 0.612 e. The normalized spacial score (nSPS) is 21.4. The first-order chi connectivity index (χ1) is 16.0. The van der Waals surface area contributed by atoms with Gasteiger partial charge in [0.2, 0.25) is 10.3 Å². The first-order valence-corrected chi connectivity index (χ1v) is 12.9. The molecule has 0 unspecified atom stereocenters. The number of hydrogen-bond acceptors (Lipinski definition) is 12. The number of thioether (sulfide) groups is 2. The maximum atomic E-state index is 12.3. The summed E-state index contributed by atoms with van der Waals surface area (Å²) in [7, 11) is 0. The van der Waals surface area contributed by atoms with Gasteiger partial charge in [0.25, 0.3) is 0 Å². The molecule has 0 fully saturated rings. The van der Waals surface area contributed by atoms with E-state index in [4.69, 9.17) is 9.47 Å². The molecule has 0 spiro atoms. The molecular weight excluding hydrogens is 505 g/mol. The SMILES string of the molecule is CC1=NC(=N\c2nccs2)/S/C1=C(\[O-])OCCCO/C([O-])=C1/S/C(=N/c2nccs2)N=C1C. The highest BCUT2D eigenvalue weighted by molar-refractivity contribution is 8.18. The van der Waals surface area contributed by atoms with Gasteiger partial charge in [-0.25, -0.2) is 20.0 Å². The molecule has 10 nitrogen and oxygen atoms in total. The maximum Gasteiger partial charge on any atom is 0.211 e. The van der Waals surface area contributed by atoms with Gasteiger partial charge in [-0.3, -0.25) is 0 Å². The van der Waals surface area contributed by atoms with Crippen molar-refractivity contribution in [3.05, 3.63) is 44.9 Å². The van der Waals surface area contributed by atoms with Gasteiger partial charge < -0.3 is 19.7 Å². The highest BCUT2D eigenvalue weighted by atomic mass is 32.2. The molecule has 0 bridgehead atoms. The fourth-order valence-corrected chi connectivity index (χ4v) is 5.25. The molecule has 2 aliphatic heterocycles. The van der Waals surface area contributed by atoms with E-state index in [9.17, 15) is 10.2 Å². The summed E-state index contributed by atoms with van der Waals surface area (Å²) >= 11 is 5.06. The molecule has 2 aliphatic rings. The van der Waals surface area contributed by atoms with Crippen molar-refractivity contribution < 1.29 is 19.7 Å². The van der Waals surface area contributed by atoms with Crippen molar-refractivity contribution in [2.24, 2.45) is 20.0 Å². The number of nitrogens with zero attached hydrogens (tertiary/aromatic N) is 6. The molecule has 0 saturated heterocycles. The number of thiazole rings is 2. The summed E-state index contributed by atoms with van der Waals surface area (Å²) in [6.07, 6.45) is 3.66. The molecular formula is C19H16N6O4S4-2. The summed E-state index contributed by atoms with van der Waals surface area (Å²) in [6.45, 7) is 3.66. The Morgan fingerprint density at radius 2 is 1.27 bits per heavy atom. The van der Waals surface area contributed by atoms with Crippen molar-refractivity contribution in [1.82, 2.24) is 9.97 Å². The van der Waals surface area contributed by atoms with Gasteiger partial charge in [0.15, 0.2) is 10.3 Å². The van der Waals surface area contributed by atoms with Crippen molar-refractivity contribution in [1.29, 1.82) is 0 Å². The van der Waals surface area contributed by atoms with Gasteiger partial charge in [0.1, 0.15) is 0 Å². The minimum Gasteiger partial charge on any atom is -0.612 e. The van der Waals surface area contributed by atoms with E-state index < -0.39 is 11.9 Å². The van der Waals surface area contributed by atoms with Crippen LogP contribution in [0.25, 0.3) is 0 Å². The van der Waals surface area contributed by atoms with Crippen LogP contribution >= 0.6 is 46.2 Å². The Bertz CT molecular complexity index is 1090.